The third kappa shape index (κ3) is 1.47. The van der Waals surface area contributed by atoms with Gasteiger partial charge in [0.25, 0.3) is 0 Å². The molecule has 1 spiro atoms. The van der Waals surface area contributed by atoms with Gasteiger partial charge >= 0.3 is 0 Å². The first-order chi connectivity index (χ1) is 8.11. The Balaban J connectivity index is 2.03. The zero-order valence-corrected chi connectivity index (χ0v) is 9.86. The lowest BCUT2D eigenvalue weighted by Crippen LogP contribution is -2.47. The first-order valence-corrected chi connectivity index (χ1v) is 5.96. The largest absolute Gasteiger partial charge is 0.508 e. The number of hydrogen-bond acceptors (Lipinski definition) is 3. The molecule has 1 heterocycles. The summed E-state index contributed by atoms with van der Waals surface area (Å²) < 4.78 is 0. The predicted octanol–water partition coefficient (Wildman–Crippen LogP) is 1.95. The Kier molecular flexibility index (Phi) is 2.08. The maximum atomic E-state index is 12.2. The van der Waals surface area contributed by atoms with Crippen molar-refractivity contribution in [3.63, 3.8) is 0 Å². The third-order valence-electron chi connectivity index (χ3n) is 3.97. The number of carbonyl (C=O) groups is 1. The van der Waals surface area contributed by atoms with Gasteiger partial charge in [0.15, 0.2) is 0 Å². The van der Waals surface area contributed by atoms with Crippen molar-refractivity contribution in [3.05, 3.63) is 18.2 Å². The van der Waals surface area contributed by atoms with Crippen molar-refractivity contribution in [2.75, 3.05) is 23.8 Å². The van der Waals surface area contributed by atoms with Gasteiger partial charge in [0, 0.05) is 19.7 Å². The highest BCUT2D eigenvalue weighted by Crippen LogP contribution is 2.46. The van der Waals surface area contributed by atoms with Gasteiger partial charge in [-0.15, -0.1) is 0 Å². The molecule has 1 saturated carbocycles. The molecule has 0 unspecified atom stereocenters. The Morgan fingerprint density at radius 2 is 2.18 bits per heavy atom. The van der Waals surface area contributed by atoms with E-state index in [1.165, 1.54) is 0 Å². The molecule has 3 rings (SSSR count). The molecule has 0 radical (unpaired) electrons. The molecule has 2 N–H and O–H groups in total. The highest BCUT2D eigenvalue weighted by Gasteiger charge is 2.46. The number of phenolic OH excluding ortho intramolecular Hbond substituents is 1. The number of amides is 1. The van der Waals surface area contributed by atoms with E-state index in [2.05, 4.69) is 10.2 Å². The van der Waals surface area contributed by atoms with Crippen LogP contribution in [0.4, 0.5) is 11.4 Å². The predicted molar refractivity (Wildman–Crippen MR) is 66.3 cm³/mol. The molecule has 90 valence electrons. The lowest BCUT2D eigenvalue weighted by Gasteiger charge is -2.40. The van der Waals surface area contributed by atoms with Gasteiger partial charge in [0.2, 0.25) is 5.91 Å². The minimum absolute atomic E-state index is 0.125. The molecule has 0 saturated heterocycles. The molecule has 4 heteroatoms. The lowest BCUT2D eigenvalue weighted by molar-refractivity contribution is -0.129. The molecule has 1 amide bonds. The average Bonchev–Trinajstić information content (AvgIpc) is 2.35. The number of nitrogens with zero attached hydrogens (tertiary/aromatic N) is 1. The van der Waals surface area contributed by atoms with Crippen LogP contribution in [0, 0.1) is 5.41 Å². The molecular formula is C13H16N2O2. The molecule has 0 bridgehead atoms. The van der Waals surface area contributed by atoms with Crippen molar-refractivity contribution < 1.29 is 9.90 Å². The van der Waals surface area contributed by atoms with Crippen LogP contribution in [0.1, 0.15) is 19.3 Å². The quantitative estimate of drug-likeness (QED) is 0.672. The van der Waals surface area contributed by atoms with E-state index in [0.29, 0.717) is 0 Å². The number of carbonyl (C=O) groups excluding carboxylic acids is 1. The van der Waals surface area contributed by atoms with E-state index < -0.39 is 0 Å². The zero-order chi connectivity index (χ0) is 12.0. The summed E-state index contributed by atoms with van der Waals surface area (Å²) in [5.41, 5.74) is 1.46. The maximum absolute atomic E-state index is 12.2. The van der Waals surface area contributed by atoms with E-state index in [1.54, 1.807) is 18.2 Å². The molecule has 1 fully saturated rings. The molecule has 17 heavy (non-hydrogen) atoms. The lowest BCUT2D eigenvalue weighted by atomic mass is 9.68. The van der Waals surface area contributed by atoms with Gasteiger partial charge in [-0.1, -0.05) is 6.42 Å². The van der Waals surface area contributed by atoms with Crippen molar-refractivity contribution in [1.82, 2.24) is 0 Å². The highest BCUT2D eigenvalue weighted by atomic mass is 16.3. The van der Waals surface area contributed by atoms with Crippen molar-refractivity contribution in [2.45, 2.75) is 19.3 Å². The van der Waals surface area contributed by atoms with Gasteiger partial charge in [-0.3, -0.25) is 4.79 Å². The number of hydrogen-bond donors (Lipinski definition) is 2. The molecular weight excluding hydrogens is 216 g/mol. The van der Waals surface area contributed by atoms with Crippen molar-refractivity contribution >= 4 is 17.3 Å². The SMILES string of the molecule is CN1CC2(CCC2)C(=O)Nc2ccc(O)cc21. The Morgan fingerprint density at radius 1 is 1.41 bits per heavy atom. The number of benzene rings is 1. The van der Waals surface area contributed by atoms with Gasteiger partial charge in [0.1, 0.15) is 5.75 Å². The Hall–Kier alpha value is -1.71. The van der Waals surface area contributed by atoms with Crippen molar-refractivity contribution in [3.8, 4) is 5.75 Å². The molecule has 1 aromatic rings. The van der Waals surface area contributed by atoms with Crippen molar-refractivity contribution in [1.29, 1.82) is 0 Å². The van der Waals surface area contributed by atoms with Crippen LogP contribution < -0.4 is 10.2 Å². The third-order valence-corrected chi connectivity index (χ3v) is 3.97. The normalized spacial score (nSPS) is 21.5. The topological polar surface area (TPSA) is 52.6 Å². The van der Waals surface area contributed by atoms with E-state index in [9.17, 15) is 9.90 Å². The van der Waals surface area contributed by atoms with Crippen LogP contribution in [-0.2, 0) is 4.79 Å². The highest BCUT2D eigenvalue weighted by molar-refractivity contribution is 6.00. The fourth-order valence-corrected chi connectivity index (χ4v) is 2.80. The Morgan fingerprint density at radius 3 is 2.82 bits per heavy atom. The van der Waals surface area contributed by atoms with E-state index in [0.717, 1.165) is 37.2 Å². The van der Waals surface area contributed by atoms with Crippen LogP contribution in [0.15, 0.2) is 18.2 Å². The second kappa shape index (κ2) is 3.39. The van der Waals surface area contributed by atoms with Gasteiger partial charge < -0.3 is 15.3 Å². The number of nitrogens with one attached hydrogen (secondary N) is 1. The second-order valence-electron chi connectivity index (χ2n) is 5.15. The van der Waals surface area contributed by atoms with E-state index in [1.807, 2.05) is 7.05 Å². The molecule has 1 aromatic carbocycles. The number of rotatable bonds is 0. The van der Waals surface area contributed by atoms with Crippen LogP contribution in [0.5, 0.6) is 5.75 Å². The minimum atomic E-state index is -0.219. The zero-order valence-electron chi connectivity index (χ0n) is 9.86. The summed E-state index contributed by atoms with van der Waals surface area (Å²) >= 11 is 0. The fraction of sp³-hybridized carbons (Fsp3) is 0.462. The second-order valence-corrected chi connectivity index (χ2v) is 5.15. The smallest absolute Gasteiger partial charge is 0.232 e. The maximum Gasteiger partial charge on any atom is 0.232 e. The first-order valence-electron chi connectivity index (χ1n) is 5.96. The summed E-state index contributed by atoms with van der Waals surface area (Å²) in [5, 5.41) is 12.5. The van der Waals surface area contributed by atoms with E-state index >= 15 is 0 Å². The van der Waals surface area contributed by atoms with E-state index in [4.69, 9.17) is 0 Å². The number of anilines is 2. The Labute approximate surface area is 100 Å². The van der Waals surface area contributed by atoms with Crippen LogP contribution in [-0.4, -0.2) is 24.6 Å². The standard InChI is InChI=1S/C13H16N2O2/c1-15-8-13(5-2-6-13)12(17)14-10-4-3-9(16)7-11(10)15/h3-4,7,16H,2,5-6,8H2,1H3,(H,14,17). The Bertz CT molecular complexity index is 480. The van der Waals surface area contributed by atoms with Crippen LogP contribution in [0.3, 0.4) is 0 Å². The number of fused-ring (bicyclic) bond motifs is 1. The first kappa shape index (κ1) is 10.4. The van der Waals surface area contributed by atoms with Crippen LogP contribution >= 0.6 is 0 Å². The molecule has 1 aliphatic heterocycles. The summed E-state index contributed by atoms with van der Waals surface area (Å²) in [7, 11) is 1.97. The van der Waals surface area contributed by atoms with Crippen LogP contribution in [0.25, 0.3) is 0 Å². The summed E-state index contributed by atoms with van der Waals surface area (Å²) in [6, 6.07) is 5.07. The summed E-state index contributed by atoms with van der Waals surface area (Å²) in [6.07, 6.45) is 3.05. The van der Waals surface area contributed by atoms with E-state index in [-0.39, 0.29) is 17.1 Å². The summed E-state index contributed by atoms with van der Waals surface area (Å²) in [6.45, 7) is 0.731. The average molecular weight is 232 g/mol. The van der Waals surface area contributed by atoms with Gasteiger partial charge in [-0.25, -0.2) is 0 Å². The molecule has 0 atom stereocenters. The molecule has 4 nitrogen and oxygen atoms in total. The van der Waals surface area contributed by atoms with Crippen molar-refractivity contribution in [2.24, 2.45) is 5.41 Å². The van der Waals surface area contributed by atoms with Gasteiger partial charge in [0.05, 0.1) is 16.8 Å². The molecule has 0 aromatic heterocycles. The number of aromatic hydroxyl groups is 1. The summed E-state index contributed by atoms with van der Waals surface area (Å²) in [5.74, 6) is 0.356. The van der Waals surface area contributed by atoms with Gasteiger partial charge in [-0.2, -0.15) is 0 Å². The minimum Gasteiger partial charge on any atom is -0.508 e. The monoisotopic (exact) mass is 232 g/mol. The van der Waals surface area contributed by atoms with Gasteiger partial charge in [-0.05, 0) is 25.0 Å². The fourth-order valence-electron chi connectivity index (χ4n) is 2.80. The summed E-state index contributed by atoms with van der Waals surface area (Å²) in [4.78, 5) is 14.3. The number of phenols is 1. The molecule has 1 aliphatic carbocycles. The molecule has 2 aliphatic rings. The van der Waals surface area contributed by atoms with Crippen LogP contribution in [0.2, 0.25) is 0 Å².